The molecular formula is C16H26N4OS. The lowest BCUT2D eigenvalue weighted by Gasteiger charge is -2.35. The highest BCUT2D eigenvalue weighted by Gasteiger charge is 2.25. The van der Waals surface area contributed by atoms with Crippen molar-refractivity contribution < 1.29 is 4.79 Å². The summed E-state index contributed by atoms with van der Waals surface area (Å²) in [6.07, 6.45) is 8.11. The number of nitrogens with zero attached hydrogens (tertiary/aromatic N) is 4. The lowest BCUT2D eigenvalue weighted by atomic mass is 9.86. The maximum Gasteiger partial charge on any atom is 0.222 e. The Morgan fingerprint density at radius 1 is 1.18 bits per heavy atom. The molecule has 0 bridgehead atoms. The fourth-order valence-corrected chi connectivity index (χ4v) is 4.23. The molecule has 122 valence electrons. The highest BCUT2D eigenvalue weighted by Crippen LogP contribution is 2.27. The number of aryl methyl sites for hydroxylation is 1. The first-order valence-corrected chi connectivity index (χ1v) is 9.39. The molecular weight excluding hydrogens is 296 g/mol. The van der Waals surface area contributed by atoms with Gasteiger partial charge in [0.05, 0.1) is 0 Å². The van der Waals surface area contributed by atoms with E-state index in [9.17, 15) is 4.79 Å². The fraction of sp³-hybridized carbons (Fsp3) is 0.812. The van der Waals surface area contributed by atoms with Crippen molar-refractivity contribution in [3.8, 4) is 0 Å². The summed E-state index contributed by atoms with van der Waals surface area (Å²) in [5.74, 6) is 1.92. The first kappa shape index (κ1) is 15.7. The van der Waals surface area contributed by atoms with Gasteiger partial charge in [0.15, 0.2) is 0 Å². The maximum absolute atomic E-state index is 12.4. The molecule has 2 heterocycles. The number of amides is 1. The zero-order valence-electron chi connectivity index (χ0n) is 13.5. The highest BCUT2D eigenvalue weighted by molar-refractivity contribution is 7.09. The van der Waals surface area contributed by atoms with E-state index in [0.29, 0.717) is 11.8 Å². The van der Waals surface area contributed by atoms with E-state index in [1.165, 1.54) is 43.6 Å². The van der Waals surface area contributed by atoms with Crippen LogP contribution in [-0.4, -0.2) is 46.3 Å². The van der Waals surface area contributed by atoms with Crippen molar-refractivity contribution in [1.82, 2.24) is 14.3 Å². The number of carbonyl (C=O) groups excluding carboxylic acids is 1. The standard InChI is InChI=1S/C16H26N4OS/c1-2-14-17-16(22-18-14)20-10-8-19(9-11-20)15(21)12-13-6-4-3-5-7-13/h13H,2-12H2,1H3. The Morgan fingerprint density at radius 3 is 2.55 bits per heavy atom. The van der Waals surface area contributed by atoms with Crippen molar-refractivity contribution in [2.24, 2.45) is 5.92 Å². The zero-order valence-corrected chi connectivity index (χ0v) is 14.3. The molecule has 5 nitrogen and oxygen atoms in total. The van der Waals surface area contributed by atoms with Gasteiger partial charge in [-0.25, -0.2) is 4.98 Å². The summed E-state index contributed by atoms with van der Waals surface area (Å²) in [4.78, 5) is 21.3. The number of anilines is 1. The van der Waals surface area contributed by atoms with E-state index in [2.05, 4.69) is 21.2 Å². The van der Waals surface area contributed by atoms with Crippen molar-refractivity contribution >= 4 is 22.6 Å². The summed E-state index contributed by atoms with van der Waals surface area (Å²) in [5, 5.41) is 1.01. The Balaban J connectivity index is 1.47. The van der Waals surface area contributed by atoms with Gasteiger partial charge in [-0.3, -0.25) is 4.79 Å². The van der Waals surface area contributed by atoms with Gasteiger partial charge in [-0.05, 0) is 18.8 Å². The van der Waals surface area contributed by atoms with Crippen molar-refractivity contribution in [1.29, 1.82) is 0 Å². The molecule has 1 aromatic rings. The summed E-state index contributed by atoms with van der Waals surface area (Å²) in [5.41, 5.74) is 0. The summed E-state index contributed by atoms with van der Waals surface area (Å²) in [6.45, 7) is 5.50. The van der Waals surface area contributed by atoms with Gasteiger partial charge in [0.25, 0.3) is 0 Å². The predicted molar refractivity (Wildman–Crippen MR) is 89.3 cm³/mol. The van der Waals surface area contributed by atoms with Gasteiger partial charge < -0.3 is 9.80 Å². The van der Waals surface area contributed by atoms with E-state index >= 15 is 0 Å². The van der Waals surface area contributed by atoms with Crippen molar-refractivity contribution in [3.63, 3.8) is 0 Å². The minimum Gasteiger partial charge on any atom is -0.343 e. The normalized spacial score (nSPS) is 20.4. The van der Waals surface area contributed by atoms with E-state index in [1.807, 2.05) is 4.90 Å². The number of hydrogen-bond acceptors (Lipinski definition) is 5. The van der Waals surface area contributed by atoms with Gasteiger partial charge in [0.1, 0.15) is 5.82 Å². The second kappa shape index (κ2) is 7.40. The largest absolute Gasteiger partial charge is 0.343 e. The molecule has 1 amide bonds. The molecule has 2 aliphatic rings. The van der Waals surface area contributed by atoms with Crippen LogP contribution in [0.2, 0.25) is 0 Å². The predicted octanol–water partition coefficient (Wildman–Crippen LogP) is 2.72. The van der Waals surface area contributed by atoms with Gasteiger partial charge in [0.2, 0.25) is 11.0 Å². The van der Waals surface area contributed by atoms with E-state index in [1.54, 1.807) is 0 Å². The first-order chi connectivity index (χ1) is 10.8. The van der Waals surface area contributed by atoms with Crippen molar-refractivity contribution in [2.45, 2.75) is 51.9 Å². The maximum atomic E-state index is 12.4. The lowest BCUT2D eigenvalue weighted by molar-refractivity contribution is -0.132. The molecule has 0 spiro atoms. The number of aromatic nitrogens is 2. The lowest BCUT2D eigenvalue weighted by Crippen LogP contribution is -2.49. The van der Waals surface area contributed by atoms with Crippen LogP contribution in [0.25, 0.3) is 0 Å². The summed E-state index contributed by atoms with van der Waals surface area (Å²) < 4.78 is 4.35. The fourth-order valence-electron chi connectivity index (χ4n) is 3.43. The molecule has 2 fully saturated rings. The Kier molecular flexibility index (Phi) is 5.28. The summed E-state index contributed by atoms with van der Waals surface area (Å²) in [6, 6.07) is 0. The average Bonchev–Trinajstić information content (AvgIpc) is 3.05. The minimum absolute atomic E-state index is 0.359. The van der Waals surface area contributed by atoms with E-state index < -0.39 is 0 Å². The van der Waals surface area contributed by atoms with Crippen LogP contribution in [0.5, 0.6) is 0 Å². The van der Waals surface area contributed by atoms with E-state index in [-0.39, 0.29) is 0 Å². The van der Waals surface area contributed by atoms with Gasteiger partial charge in [0, 0.05) is 50.6 Å². The summed E-state index contributed by atoms with van der Waals surface area (Å²) >= 11 is 1.48. The van der Waals surface area contributed by atoms with Gasteiger partial charge in [-0.2, -0.15) is 4.37 Å². The Morgan fingerprint density at radius 2 is 1.91 bits per heavy atom. The van der Waals surface area contributed by atoms with Gasteiger partial charge in [-0.15, -0.1) is 0 Å². The third-order valence-corrected chi connectivity index (χ3v) is 5.68. The van der Waals surface area contributed by atoms with Crippen LogP contribution in [-0.2, 0) is 11.2 Å². The van der Waals surface area contributed by atoms with Crippen LogP contribution in [0, 0.1) is 5.92 Å². The van der Waals surface area contributed by atoms with Crippen LogP contribution in [0.4, 0.5) is 5.13 Å². The number of rotatable bonds is 4. The van der Waals surface area contributed by atoms with Crippen LogP contribution in [0.15, 0.2) is 0 Å². The third-order valence-electron chi connectivity index (χ3n) is 4.86. The molecule has 22 heavy (non-hydrogen) atoms. The van der Waals surface area contributed by atoms with Crippen LogP contribution >= 0.6 is 11.5 Å². The molecule has 3 rings (SSSR count). The Labute approximate surface area is 136 Å². The van der Waals surface area contributed by atoms with Crippen LogP contribution < -0.4 is 4.90 Å². The quantitative estimate of drug-likeness (QED) is 0.855. The average molecular weight is 322 g/mol. The summed E-state index contributed by atoms with van der Waals surface area (Å²) in [7, 11) is 0. The molecule has 0 radical (unpaired) electrons. The van der Waals surface area contributed by atoms with Crippen LogP contribution in [0.3, 0.4) is 0 Å². The van der Waals surface area contributed by atoms with Gasteiger partial charge in [-0.1, -0.05) is 26.2 Å². The van der Waals surface area contributed by atoms with Crippen molar-refractivity contribution in [3.05, 3.63) is 5.82 Å². The molecule has 0 unspecified atom stereocenters. The molecule has 0 atom stereocenters. The molecule has 1 aliphatic carbocycles. The number of carbonyl (C=O) groups is 1. The Bertz CT molecular complexity index is 490. The number of hydrogen-bond donors (Lipinski definition) is 0. The molecule has 6 heteroatoms. The smallest absolute Gasteiger partial charge is 0.222 e. The molecule has 1 saturated carbocycles. The molecule has 1 saturated heterocycles. The Hall–Kier alpha value is -1.17. The molecule has 0 aromatic carbocycles. The monoisotopic (exact) mass is 322 g/mol. The van der Waals surface area contributed by atoms with Crippen molar-refractivity contribution in [2.75, 3.05) is 31.1 Å². The zero-order chi connectivity index (χ0) is 15.4. The van der Waals surface area contributed by atoms with Gasteiger partial charge >= 0.3 is 0 Å². The second-order valence-electron chi connectivity index (χ2n) is 6.42. The van der Waals surface area contributed by atoms with Crippen LogP contribution in [0.1, 0.15) is 51.3 Å². The molecule has 1 aromatic heterocycles. The number of piperazine rings is 1. The topological polar surface area (TPSA) is 49.3 Å². The SMILES string of the molecule is CCc1nsc(N2CCN(C(=O)CC3CCCCC3)CC2)n1. The molecule has 1 aliphatic heterocycles. The second-order valence-corrected chi connectivity index (χ2v) is 7.15. The minimum atomic E-state index is 0.359. The third kappa shape index (κ3) is 3.77. The van der Waals surface area contributed by atoms with E-state index in [4.69, 9.17) is 0 Å². The van der Waals surface area contributed by atoms with E-state index in [0.717, 1.165) is 50.0 Å². The first-order valence-electron chi connectivity index (χ1n) is 8.61. The molecule has 0 N–H and O–H groups in total. The highest BCUT2D eigenvalue weighted by atomic mass is 32.1.